The Bertz CT molecular complexity index is 502. The lowest BCUT2D eigenvalue weighted by atomic mass is 10.4. The van der Waals surface area contributed by atoms with Crippen molar-refractivity contribution in [2.24, 2.45) is 0 Å². The molecule has 0 unspecified atom stereocenters. The molecule has 102 valence electrons. The maximum absolute atomic E-state index is 11.8. The standard InChI is InChI=1S/C9H11F3N2O3S/c10-9(11,12)6-17-4-5-18(15,16)8-7(13)2-1-3-14-8/h1-3H,4-6,13H2. The van der Waals surface area contributed by atoms with Gasteiger partial charge in [0.05, 0.1) is 18.0 Å². The molecule has 9 heteroatoms. The van der Waals surface area contributed by atoms with Crippen molar-refractivity contribution in [2.75, 3.05) is 24.7 Å². The molecule has 1 aromatic heterocycles. The maximum atomic E-state index is 11.8. The van der Waals surface area contributed by atoms with Crippen LogP contribution in [0.1, 0.15) is 0 Å². The molecule has 0 aliphatic carbocycles. The van der Waals surface area contributed by atoms with E-state index in [1.165, 1.54) is 18.3 Å². The molecule has 0 fully saturated rings. The summed E-state index contributed by atoms with van der Waals surface area (Å²) in [6.45, 7) is -2.06. The third kappa shape index (κ3) is 4.49. The van der Waals surface area contributed by atoms with Gasteiger partial charge >= 0.3 is 6.18 Å². The molecular weight excluding hydrogens is 273 g/mol. The summed E-state index contributed by atoms with van der Waals surface area (Å²) in [6.07, 6.45) is -3.24. The fraction of sp³-hybridized carbons (Fsp3) is 0.444. The molecule has 0 aliphatic heterocycles. The summed E-state index contributed by atoms with van der Waals surface area (Å²) in [7, 11) is -3.84. The minimum atomic E-state index is -4.48. The molecule has 0 aliphatic rings. The summed E-state index contributed by atoms with van der Waals surface area (Å²) in [6, 6.07) is 2.80. The summed E-state index contributed by atoms with van der Waals surface area (Å²) in [5.41, 5.74) is 5.37. The molecule has 2 N–H and O–H groups in total. The Morgan fingerprint density at radius 2 is 2.06 bits per heavy atom. The number of anilines is 1. The zero-order valence-electron chi connectivity index (χ0n) is 9.14. The monoisotopic (exact) mass is 284 g/mol. The molecule has 0 spiro atoms. The van der Waals surface area contributed by atoms with Gasteiger partial charge in [-0.2, -0.15) is 13.2 Å². The van der Waals surface area contributed by atoms with Crippen molar-refractivity contribution < 1.29 is 26.3 Å². The van der Waals surface area contributed by atoms with E-state index in [4.69, 9.17) is 5.73 Å². The summed E-state index contributed by atoms with van der Waals surface area (Å²) < 4.78 is 62.8. The normalized spacial score (nSPS) is 12.6. The summed E-state index contributed by atoms with van der Waals surface area (Å²) >= 11 is 0. The number of hydrogen-bond donors (Lipinski definition) is 1. The Balaban J connectivity index is 2.59. The molecule has 0 saturated heterocycles. The number of hydrogen-bond acceptors (Lipinski definition) is 5. The van der Waals surface area contributed by atoms with Crippen molar-refractivity contribution >= 4 is 15.5 Å². The van der Waals surface area contributed by atoms with Crippen molar-refractivity contribution in [3.8, 4) is 0 Å². The highest BCUT2D eigenvalue weighted by atomic mass is 32.2. The van der Waals surface area contributed by atoms with Crippen molar-refractivity contribution in [1.29, 1.82) is 0 Å². The van der Waals surface area contributed by atoms with Crippen LogP contribution >= 0.6 is 0 Å². The fourth-order valence-corrected chi connectivity index (χ4v) is 2.30. The van der Waals surface area contributed by atoms with E-state index in [1.807, 2.05) is 0 Å². The van der Waals surface area contributed by atoms with E-state index in [-0.39, 0.29) is 10.7 Å². The minimum absolute atomic E-state index is 0.0479. The predicted octanol–water partition coefficient (Wildman–Crippen LogP) is 1.02. The topological polar surface area (TPSA) is 82.3 Å². The molecule has 18 heavy (non-hydrogen) atoms. The first kappa shape index (κ1) is 14.7. The number of sulfone groups is 1. The molecule has 5 nitrogen and oxygen atoms in total. The second-order valence-electron chi connectivity index (χ2n) is 3.38. The summed E-state index contributed by atoms with van der Waals surface area (Å²) in [5.74, 6) is -0.607. The van der Waals surface area contributed by atoms with Crippen LogP contribution in [0.25, 0.3) is 0 Å². The van der Waals surface area contributed by atoms with Crippen LogP contribution in [0.15, 0.2) is 23.4 Å². The first-order valence-electron chi connectivity index (χ1n) is 4.80. The van der Waals surface area contributed by atoms with Gasteiger partial charge < -0.3 is 10.5 Å². The van der Waals surface area contributed by atoms with Gasteiger partial charge in [0.25, 0.3) is 0 Å². The maximum Gasteiger partial charge on any atom is 0.411 e. The van der Waals surface area contributed by atoms with Gasteiger partial charge in [0.15, 0.2) is 14.9 Å². The number of ether oxygens (including phenoxy) is 1. The largest absolute Gasteiger partial charge is 0.411 e. The van der Waals surface area contributed by atoms with Crippen LogP contribution in [-0.4, -0.2) is 38.5 Å². The molecule has 1 rings (SSSR count). The highest BCUT2D eigenvalue weighted by molar-refractivity contribution is 7.91. The first-order valence-corrected chi connectivity index (χ1v) is 6.45. The van der Waals surface area contributed by atoms with Crippen LogP contribution in [0, 0.1) is 0 Å². The van der Waals surface area contributed by atoms with E-state index in [9.17, 15) is 21.6 Å². The van der Waals surface area contributed by atoms with Crippen molar-refractivity contribution in [3.63, 3.8) is 0 Å². The third-order valence-corrected chi connectivity index (χ3v) is 3.49. The van der Waals surface area contributed by atoms with E-state index < -0.39 is 35.0 Å². The van der Waals surface area contributed by atoms with Crippen molar-refractivity contribution in [2.45, 2.75) is 11.2 Å². The average molecular weight is 284 g/mol. The molecule has 0 saturated carbocycles. The average Bonchev–Trinajstić information content (AvgIpc) is 2.24. The van der Waals surface area contributed by atoms with Crippen molar-refractivity contribution in [3.05, 3.63) is 18.3 Å². The number of halogens is 3. The van der Waals surface area contributed by atoms with E-state index >= 15 is 0 Å². The van der Waals surface area contributed by atoms with Gasteiger partial charge in [-0.3, -0.25) is 0 Å². The SMILES string of the molecule is Nc1cccnc1S(=O)(=O)CCOCC(F)(F)F. The second-order valence-corrected chi connectivity index (χ2v) is 5.41. The van der Waals surface area contributed by atoms with E-state index in [0.29, 0.717) is 0 Å². The van der Waals surface area contributed by atoms with Crippen molar-refractivity contribution in [1.82, 2.24) is 4.98 Å². The molecule has 0 aromatic carbocycles. The van der Waals surface area contributed by atoms with E-state index in [0.717, 1.165) is 0 Å². The van der Waals surface area contributed by atoms with Crippen LogP contribution in [0.5, 0.6) is 0 Å². The minimum Gasteiger partial charge on any atom is -0.396 e. The lowest BCUT2D eigenvalue weighted by molar-refractivity contribution is -0.172. The molecule has 0 bridgehead atoms. The molecule has 1 heterocycles. The van der Waals surface area contributed by atoms with Gasteiger partial charge in [-0.15, -0.1) is 0 Å². The number of nitrogens with two attached hydrogens (primary N) is 1. The number of nitrogen functional groups attached to an aromatic ring is 1. The second kappa shape index (κ2) is 5.53. The number of nitrogens with zero attached hydrogens (tertiary/aromatic N) is 1. The zero-order valence-corrected chi connectivity index (χ0v) is 9.96. The summed E-state index contributed by atoms with van der Waals surface area (Å²) in [5, 5.41) is -0.347. The van der Waals surface area contributed by atoms with E-state index in [1.54, 1.807) is 0 Å². The highest BCUT2D eigenvalue weighted by Crippen LogP contribution is 2.17. The smallest absolute Gasteiger partial charge is 0.396 e. The fourth-order valence-electron chi connectivity index (χ4n) is 1.12. The highest BCUT2D eigenvalue weighted by Gasteiger charge is 2.28. The van der Waals surface area contributed by atoms with Gasteiger partial charge in [-0.05, 0) is 12.1 Å². The number of aromatic nitrogens is 1. The van der Waals surface area contributed by atoms with Gasteiger partial charge in [0.1, 0.15) is 6.61 Å². The number of rotatable bonds is 5. The van der Waals surface area contributed by atoms with Crippen LogP contribution in [0.4, 0.5) is 18.9 Å². The van der Waals surface area contributed by atoms with Gasteiger partial charge in [0.2, 0.25) is 0 Å². The van der Waals surface area contributed by atoms with Gasteiger partial charge in [0, 0.05) is 6.20 Å². The summed E-state index contributed by atoms with van der Waals surface area (Å²) in [4.78, 5) is 3.59. The van der Waals surface area contributed by atoms with E-state index in [2.05, 4.69) is 9.72 Å². The van der Waals surface area contributed by atoms with Crippen LogP contribution in [-0.2, 0) is 14.6 Å². The number of pyridine rings is 1. The lowest BCUT2D eigenvalue weighted by Gasteiger charge is -2.08. The predicted molar refractivity (Wildman–Crippen MR) is 57.6 cm³/mol. The molecule has 0 atom stereocenters. The van der Waals surface area contributed by atoms with Gasteiger partial charge in [-0.1, -0.05) is 0 Å². The Labute approximate surface area is 102 Å². The third-order valence-electron chi connectivity index (χ3n) is 1.86. The van der Waals surface area contributed by atoms with Gasteiger partial charge in [-0.25, -0.2) is 13.4 Å². The molecule has 1 aromatic rings. The number of alkyl halides is 3. The Kier molecular flexibility index (Phi) is 4.52. The Morgan fingerprint density at radius 3 is 2.61 bits per heavy atom. The Morgan fingerprint density at radius 1 is 1.39 bits per heavy atom. The zero-order chi connectivity index (χ0) is 13.8. The Hall–Kier alpha value is -1.35. The van der Waals surface area contributed by atoms with Crippen LogP contribution in [0.2, 0.25) is 0 Å². The molecule has 0 amide bonds. The van der Waals surface area contributed by atoms with Crippen LogP contribution < -0.4 is 5.73 Å². The molecular formula is C9H11F3N2O3S. The molecule has 0 radical (unpaired) electrons. The van der Waals surface area contributed by atoms with Crippen LogP contribution in [0.3, 0.4) is 0 Å². The first-order chi connectivity index (χ1) is 8.22. The lowest BCUT2D eigenvalue weighted by Crippen LogP contribution is -2.21. The quantitative estimate of drug-likeness (QED) is 0.816.